The monoisotopic (exact) mass is 471 g/mol. The van der Waals surface area contributed by atoms with Crippen molar-refractivity contribution >= 4 is 29.3 Å². The predicted octanol–water partition coefficient (Wildman–Crippen LogP) is 4.58. The van der Waals surface area contributed by atoms with Gasteiger partial charge in [-0.25, -0.2) is 0 Å². The third-order valence-electron chi connectivity index (χ3n) is 5.00. The van der Waals surface area contributed by atoms with E-state index in [1.807, 2.05) is 25.1 Å². The van der Waals surface area contributed by atoms with Gasteiger partial charge in [-0.15, -0.1) is 0 Å². The molecule has 0 saturated heterocycles. The van der Waals surface area contributed by atoms with Crippen LogP contribution in [0.1, 0.15) is 11.1 Å². The van der Waals surface area contributed by atoms with Gasteiger partial charge in [0.2, 0.25) is 0 Å². The molecule has 0 aliphatic carbocycles. The Morgan fingerprint density at radius 1 is 0.886 bits per heavy atom. The highest BCUT2D eigenvalue weighted by molar-refractivity contribution is 6.10. The van der Waals surface area contributed by atoms with E-state index in [1.54, 1.807) is 54.6 Å². The summed E-state index contributed by atoms with van der Waals surface area (Å²) in [7, 11) is 2.98. The molecule has 0 spiro atoms. The number of methoxy groups -OCH3 is 2. The molecule has 3 rings (SSSR count). The zero-order chi connectivity index (χ0) is 25.2. The average Bonchev–Trinajstić information content (AvgIpc) is 2.87. The minimum absolute atomic E-state index is 0.0693. The molecule has 35 heavy (non-hydrogen) atoms. The van der Waals surface area contributed by atoms with E-state index in [0.717, 1.165) is 5.56 Å². The molecule has 0 aliphatic heterocycles. The molecule has 0 radical (unpaired) electrons. The first-order valence-electron chi connectivity index (χ1n) is 10.7. The van der Waals surface area contributed by atoms with Gasteiger partial charge in [-0.2, -0.15) is 5.26 Å². The summed E-state index contributed by atoms with van der Waals surface area (Å²) in [5.74, 6) is 0.326. The van der Waals surface area contributed by atoms with Gasteiger partial charge in [0.1, 0.15) is 17.4 Å². The molecule has 0 bridgehead atoms. The fourth-order valence-electron chi connectivity index (χ4n) is 3.19. The summed E-state index contributed by atoms with van der Waals surface area (Å²) in [5.41, 5.74) is 2.54. The van der Waals surface area contributed by atoms with Crippen LogP contribution in [0.25, 0.3) is 6.08 Å². The Hall–Kier alpha value is -4.77. The minimum atomic E-state index is -0.519. The normalized spacial score (nSPS) is 10.6. The molecular weight excluding hydrogens is 446 g/mol. The van der Waals surface area contributed by atoms with E-state index in [4.69, 9.17) is 14.2 Å². The summed E-state index contributed by atoms with van der Waals surface area (Å²) < 4.78 is 16.2. The summed E-state index contributed by atoms with van der Waals surface area (Å²) in [4.78, 5) is 24.9. The maximum Gasteiger partial charge on any atom is 0.266 e. The Kier molecular flexibility index (Phi) is 8.46. The molecule has 0 unspecified atom stereocenters. The second-order valence-corrected chi connectivity index (χ2v) is 7.39. The van der Waals surface area contributed by atoms with Crippen molar-refractivity contribution < 1.29 is 23.8 Å². The number of carbonyl (C=O) groups is 2. The third kappa shape index (κ3) is 6.62. The van der Waals surface area contributed by atoms with Gasteiger partial charge in [-0.1, -0.05) is 36.4 Å². The number of nitrogens with zero attached hydrogens (tertiary/aromatic N) is 1. The largest absolute Gasteiger partial charge is 0.495 e. The zero-order valence-electron chi connectivity index (χ0n) is 19.6. The molecule has 178 valence electrons. The number of carbonyl (C=O) groups excluding carboxylic acids is 2. The molecule has 2 N–H and O–H groups in total. The number of amides is 2. The Labute approximate surface area is 203 Å². The molecule has 3 aromatic rings. The van der Waals surface area contributed by atoms with Crippen molar-refractivity contribution in [1.29, 1.82) is 5.26 Å². The van der Waals surface area contributed by atoms with Crippen molar-refractivity contribution in [2.24, 2.45) is 0 Å². The Morgan fingerprint density at radius 3 is 2.26 bits per heavy atom. The summed E-state index contributed by atoms with van der Waals surface area (Å²) in [6, 6.07) is 21.2. The summed E-state index contributed by atoms with van der Waals surface area (Å²) in [6.07, 6.45) is 1.45. The van der Waals surface area contributed by atoms with Crippen LogP contribution in [0.2, 0.25) is 0 Å². The summed E-state index contributed by atoms with van der Waals surface area (Å²) in [6.45, 7) is 1.61. The molecule has 8 heteroatoms. The smallest absolute Gasteiger partial charge is 0.266 e. The van der Waals surface area contributed by atoms with E-state index in [0.29, 0.717) is 34.2 Å². The maximum atomic E-state index is 12.6. The average molecular weight is 472 g/mol. The molecule has 0 aromatic heterocycles. The molecule has 3 aromatic carbocycles. The molecular formula is C27H25N3O5. The van der Waals surface area contributed by atoms with Crippen molar-refractivity contribution in [2.75, 3.05) is 31.5 Å². The Morgan fingerprint density at radius 2 is 1.57 bits per heavy atom. The highest BCUT2D eigenvalue weighted by atomic mass is 16.5. The Bertz CT molecular complexity index is 1290. The van der Waals surface area contributed by atoms with Crippen molar-refractivity contribution in [2.45, 2.75) is 6.92 Å². The number of nitriles is 1. The molecule has 2 amide bonds. The van der Waals surface area contributed by atoms with Crippen LogP contribution in [0.4, 0.5) is 11.4 Å². The number of hydrogen-bond acceptors (Lipinski definition) is 6. The SMILES string of the molecule is COc1ccccc1NC(=O)COc1ccc(/C=C(/C#N)C(=O)Nc2ccccc2C)cc1OC. The predicted molar refractivity (Wildman–Crippen MR) is 134 cm³/mol. The summed E-state index contributed by atoms with van der Waals surface area (Å²) in [5, 5.41) is 15.0. The first-order valence-corrected chi connectivity index (χ1v) is 10.7. The van der Waals surface area contributed by atoms with E-state index in [9.17, 15) is 14.9 Å². The lowest BCUT2D eigenvalue weighted by Crippen LogP contribution is -2.20. The highest BCUT2D eigenvalue weighted by Gasteiger charge is 2.13. The topological polar surface area (TPSA) is 110 Å². The number of benzene rings is 3. The maximum absolute atomic E-state index is 12.6. The quantitative estimate of drug-likeness (QED) is 0.349. The lowest BCUT2D eigenvalue weighted by atomic mass is 10.1. The van der Waals surface area contributed by atoms with Crippen molar-refractivity contribution in [1.82, 2.24) is 0 Å². The van der Waals surface area contributed by atoms with Crippen LogP contribution in [0.5, 0.6) is 17.2 Å². The van der Waals surface area contributed by atoms with Gasteiger partial charge in [0.25, 0.3) is 11.8 Å². The standard InChI is InChI=1S/C27H25N3O5/c1-18-8-4-5-9-21(18)30-27(32)20(16-28)14-19-12-13-24(25(15-19)34-3)35-17-26(31)29-22-10-6-7-11-23(22)33-2/h4-15H,17H2,1-3H3,(H,29,31)(H,30,32)/b20-14-. The zero-order valence-corrected chi connectivity index (χ0v) is 19.6. The first kappa shape index (κ1) is 24.9. The highest BCUT2D eigenvalue weighted by Crippen LogP contribution is 2.29. The van der Waals surface area contributed by atoms with Gasteiger partial charge in [0, 0.05) is 5.69 Å². The van der Waals surface area contributed by atoms with Gasteiger partial charge in [-0.05, 0) is 54.5 Å². The second kappa shape index (κ2) is 11.9. The molecule has 8 nitrogen and oxygen atoms in total. The molecule has 0 atom stereocenters. The van der Waals surface area contributed by atoms with E-state index in [1.165, 1.54) is 20.3 Å². The van der Waals surface area contributed by atoms with Crippen LogP contribution in [0, 0.1) is 18.3 Å². The molecule has 0 aliphatic rings. The van der Waals surface area contributed by atoms with Crippen LogP contribution >= 0.6 is 0 Å². The van der Waals surface area contributed by atoms with Crippen LogP contribution < -0.4 is 24.8 Å². The van der Waals surface area contributed by atoms with E-state index < -0.39 is 5.91 Å². The molecule has 0 fully saturated rings. The number of aryl methyl sites for hydroxylation is 1. The number of hydrogen-bond donors (Lipinski definition) is 2. The number of rotatable bonds is 9. The lowest BCUT2D eigenvalue weighted by Gasteiger charge is -2.13. The van der Waals surface area contributed by atoms with Crippen LogP contribution in [0.15, 0.2) is 72.3 Å². The van der Waals surface area contributed by atoms with Gasteiger partial charge < -0.3 is 24.8 Å². The number of para-hydroxylation sites is 3. The Balaban J connectivity index is 1.69. The van der Waals surface area contributed by atoms with Crippen LogP contribution in [0.3, 0.4) is 0 Å². The molecule has 0 heterocycles. The van der Waals surface area contributed by atoms with Gasteiger partial charge >= 0.3 is 0 Å². The van der Waals surface area contributed by atoms with Crippen molar-refractivity contribution in [3.8, 4) is 23.3 Å². The fraction of sp³-hybridized carbons (Fsp3) is 0.148. The lowest BCUT2D eigenvalue weighted by molar-refractivity contribution is -0.118. The molecule has 0 saturated carbocycles. The fourth-order valence-corrected chi connectivity index (χ4v) is 3.19. The second-order valence-electron chi connectivity index (χ2n) is 7.39. The number of nitrogens with one attached hydrogen (secondary N) is 2. The van der Waals surface area contributed by atoms with E-state index in [2.05, 4.69) is 10.6 Å². The van der Waals surface area contributed by atoms with Gasteiger partial charge in [-0.3, -0.25) is 9.59 Å². The van der Waals surface area contributed by atoms with Crippen LogP contribution in [-0.4, -0.2) is 32.6 Å². The van der Waals surface area contributed by atoms with E-state index >= 15 is 0 Å². The van der Waals surface area contributed by atoms with E-state index in [-0.39, 0.29) is 18.1 Å². The van der Waals surface area contributed by atoms with Gasteiger partial charge in [0.05, 0.1) is 19.9 Å². The number of anilines is 2. The summed E-state index contributed by atoms with van der Waals surface area (Å²) >= 11 is 0. The third-order valence-corrected chi connectivity index (χ3v) is 5.00. The minimum Gasteiger partial charge on any atom is -0.495 e. The first-order chi connectivity index (χ1) is 16.9. The van der Waals surface area contributed by atoms with Gasteiger partial charge in [0.15, 0.2) is 18.1 Å². The number of ether oxygens (including phenoxy) is 3. The van der Waals surface area contributed by atoms with Crippen molar-refractivity contribution in [3.05, 3.63) is 83.4 Å². The van der Waals surface area contributed by atoms with Crippen molar-refractivity contribution in [3.63, 3.8) is 0 Å². The van der Waals surface area contributed by atoms with Crippen LogP contribution in [-0.2, 0) is 9.59 Å².